The van der Waals surface area contributed by atoms with E-state index in [1.165, 1.54) is 20.8 Å². The van der Waals surface area contributed by atoms with Gasteiger partial charge in [0.25, 0.3) is 20.2 Å². The van der Waals surface area contributed by atoms with Crippen molar-refractivity contribution in [2.75, 3.05) is 37.8 Å². The zero-order valence-electron chi connectivity index (χ0n) is 20.6. The second-order valence-electron chi connectivity index (χ2n) is 8.34. The quantitative estimate of drug-likeness (QED) is 0.158. The van der Waals surface area contributed by atoms with Crippen LogP contribution in [0.1, 0.15) is 39.2 Å². The highest BCUT2D eigenvalue weighted by atomic mass is 32.2. The van der Waals surface area contributed by atoms with Gasteiger partial charge >= 0.3 is 5.97 Å². The lowest BCUT2D eigenvalue weighted by atomic mass is 9.93. The fourth-order valence-electron chi connectivity index (χ4n) is 2.64. The fourth-order valence-corrected chi connectivity index (χ4v) is 4.75. The Morgan fingerprint density at radius 2 is 1.25 bits per heavy atom. The van der Waals surface area contributed by atoms with Crippen LogP contribution < -0.4 is 10.6 Å². The third-order valence-electron chi connectivity index (χ3n) is 4.71. The van der Waals surface area contributed by atoms with Crippen molar-refractivity contribution in [3.05, 3.63) is 35.9 Å². The third kappa shape index (κ3) is 13.5. The summed E-state index contributed by atoms with van der Waals surface area (Å²) in [5.74, 6) is -2.38. The topological polar surface area (TPSA) is 171 Å². The average Bonchev–Trinajstić information content (AvgIpc) is 2.81. The Kier molecular flexibility index (Phi) is 13.0. The van der Waals surface area contributed by atoms with Gasteiger partial charge < -0.3 is 15.4 Å². The van der Waals surface area contributed by atoms with Crippen molar-refractivity contribution in [3.63, 3.8) is 0 Å². The Morgan fingerprint density at radius 3 is 1.67 bits per heavy atom. The first-order valence-electron chi connectivity index (χ1n) is 11.2. The number of carbonyl (C=O) groups excluding carboxylic acids is 3. The van der Waals surface area contributed by atoms with Gasteiger partial charge in [-0.05, 0) is 25.3 Å². The van der Waals surface area contributed by atoms with Crippen molar-refractivity contribution in [1.82, 2.24) is 10.6 Å². The largest absolute Gasteiger partial charge is 0.460 e. The van der Waals surface area contributed by atoms with Gasteiger partial charge in [0.15, 0.2) is 0 Å². The molecule has 0 bridgehead atoms. The number of carbonyl (C=O) groups is 3. The van der Waals surface area contributed by atoms with E-state index in [4.69, 9.17) is 13.1 Å². The normalized spacial score (nSPS) is 12.1. The van der Waals surface area contributed by atoms with E-state index in [0.717, 1.165) is 0 Å². The molecule has 0 aliphatic rings. The molecule has 2 N–H and O–H groups in total. The van der Waals surface area contributed by atoms with E-state index < -0.39 is 56.3 Å². The van der Waals surface area contributed by atoms with Gasteiger partial charge in [-0.25, -0.2) is 0 Å². The van der Waals surface area contributed by atoms with E-state index in [0.29, 0.717) is 5.56 Å². The number of amides is 2. The van der Waals surface area contributed by atoms with Gasteiger partial charge in [-0.2, -0.15) is 16.8 Å². The molecular formula is C22H34N2O10S2. The lowest BCUT2D eigenvalue weighted by molar-refractivity contribution is -0.160. The first-order valence-corrected chi connectivity index (χ1v) is 14.3. The Labute approximate surface area is 212 Å². The number of hydrogen-bond donors (Lipinski definition) is 2. The predicted octanol–water partition coefficient (Wildman–Crippen LogP) is 0.481. The van der Waals surface area contributed by atoms with Crippen LogP contribution in [0.2, 0.25) is 0 Å². The van der Waals surface area contributed by atoms with Gasteiger partial charge in [0.1, 0.15) is 12.0 Å². The molecule has 0 unspecified atom stereocenters. The number of esters is 1. The summed E-state index contributed by atoms with van der Waals surface area (Å²) in [6.07, 6.45) is 0.159. The Bertz CT molecular complexity index is 1020. The number of ether oxygens (including phenoxy) is 1. The number of benzene rings is 1. The van der Waals surface area contributed by atoms with Crippen LogP contribution in [0.15, 0.2) is 30.3 Å². The van der Waals surface area contributed by atoms with Gasteiger partial charge in [0, 0.05) is 26.9 Å². The number of rotatable bonds is 17. The van der Waals surface area contributed by atoms with Crippen LogP contribution in [0.25, 0.3) is 0 Å². The molecule has 0 atom stereocenters. The standard InChI is InChI=1S/C22H34N2O10S2/c1-18(25)23-11-7-13-35(28,29)33-16-22(3,21(27)32-15-20-9-5-4-6-10-20)17-34-36(30,31)14-8-12-24-19(2)26/h4-6,9-10H,7-8,11-17H2,1-3H3,(H,23,25)(H,24,26). The first kappa shape index (κ1) is 31.5. The molecule has 14 heteroatoms. The maximum Gasteiger partial charge on any atom is 0.316 e. The summed E-state index contributed by atoms with van der Waals surface area (Å²) in [5.41, 5.74) is -1.10. The lowest BCUT2D eigenvalue weighted by Gasteiger charge is -2.26. The zero-order valence-corrected chi connectivity index (χ0v) is 22.3. The van der Waals surface area contributed by atoms with E-state index >= 15 is 0 Å². The summed E-state index contributed by atoms with van der Waals surface area (Å²) in [4.78, 5) is 34.7. The summed E-state index contributed by atoms with van der Waals surface area (Å²) in [5, 5.41) is 4.92. The molecular weight excluding hydrogens is 516 g/mol. The van der Waals surface area contributed by atoms with Crippen LogP contribution >= 0.6 is 0 Å². The second-order valence-corrected chi connectivity index (χ2v) is 11.9. The molecule has 0 spiro atoms. The molecule has 36 heavy (non-hydrogen) atoms. The van der Waals surface area contributed by atoms with Gasteiger partial charge in [-0.3, -0.25) is 22.7 Å². The van der Waals surface area contributed by atoms with Crippen molar-refractivity contribution < 1.29 is 44.3 Å². The molecule has 0 saturated carbocycles. The molecule has 0 aliphatic heterocycles. The van der Waals surface area contributed by atoms with Crippen LogP contribution in [0.3, 0.4) is 0 Å². The minimum atomic E-state index is -4.10. The Morgan fingerprint density at radius 1 is 0.806 bits per heavy atom. The number of hydrogen-bond acceptors (Lipinski definition) is 10. The molecule has 1 aromatic carbocycles. The van der Waals surface area contributed by atoms with Crippen LogP contribution in [0.5, 0.6) is 0 Å². The monoisotopic (exact) mass is 550 g/mol. The van der Waals surface area contributed by atoms with Crippen molar-refractivity contribution >= 4 is 38.0 Å². The summed E-state index contributed by atoms with van der Waals surface area (Å²) < 4.78 is 64.4. The van der Waals surface area contributed by atoms with Gasteiger partial charge in [0.05, 0.1) is 24.7 Å². The Balaban J connectivity index is 2.83. The first-order chi connectivity index (χ1) is 16.7. The van der Waals surface area contributed by atoms with Crippen LogP contribution in [-0.4, -0.2) is 72.4 Å². The predicted molar refractivity (Wildman–Crippen MR) is 130 cm³/mol. The van der Waals surface area contributed by atoms with E-state index in [2.05, 4.69) is 10.6 Å². The van der Waals surface area contributed by atoms with Crippen LogP contribution in [0.4, 0.5) is 0 Å². The van der Waals surface area contributed by atoms with E-state index in [9.17, 15) is 31.2 Å². The third-order valence-corrected chi connectivity index (χ3v) is 7.24. The van der Waals surface area contributed by atoms with E-state index in [1.807, 2.05) is 0 Å². The van der Waals surface area contributed by atoms with E-state index in [1.54, 1.807) is 30.3 Å². The van der Waals surface area contributed by atoms with Crippen molar-refractivity contribution in [3.8, 4) is 0 Å². The lowest BCUT2D eigenvalue weighted by Crippen LogP contribution is -2.41. The molecule has 0 radical (unpaired) electrons. The molecule has 204 valence electrons. The zero-order chi connectivity index (χ0) is 27.2. The van der Waals surface area contributed by atoms with Crippen molar-refractivity contribution in [2.24, 2.45) is 5.41 Å². The highest BCUT2D eigenvalue weighted by Crippen LogP contribution is 2.23. The summed E-state index contributed by atoms with van der Waals surface area (Å²) in [6, 6.07) is 8.71. The molecule has 0 heterocycles. The maximum atomic E-state index is 12.9. The SMILES string of the molecule is CC(=O)NCCCS(=O)(=O)OCC(C)(COS(=O)(=O)CCCNC(C)=O)C(=O)OCc1ccccc1. The van der Waals surface area contributed by atoms with E-state index in [-0.39, 0.29) is 44.4 Å². The molecule has 1 aromatic rings. The maximum absolute atomic E-state index is 12.9. The van der Waals surface area contributed by atoms with Crippen LogP contribution in [0, 0.1) is 5.41 Å². The summed E-state index contributed by atoms with van der Waals surface area (Å²) in [6.45, 7) is 2.55. The fraction of sp³-hybridized carbons (Fsp3) is 0.591. The van der Waals surface area contributed by atoms with Crippen molar-refractivity contribution in [1.29, 1.82) is 0 Å². The molecule has 2 amide bonds. The Hall–Kier alpha value is -2.55. The second kappa shape index (κ2) is 14.9. The average molecular weight is 551 g/mol. The van der Waals surface area contributed by atoms with Gasteiger partial charge in [0.2, 0.25) is 11.8 Å². The van der Waals surface area contributed by atoms with Crippen LogP contribution in [-0.2, 0) is 54.3 Å². The molecule has 0 aromatic heterocycles. The smallest absolute Gasteiger partial charge is 0.316 e. The highest BCUT2D eigenvalue weighted by Gasteiger charge is 2.39. The molecule has 0 saturated heterocycles. The highest BCUT2D eigenvalue weighted by molar-refractivity contribution is 7.86. The van der Waals surface area contributed by atoms with Gasteiger partial charge in [-0.15, -0.1) is 0 Å². The summed E-state index contributed by atoms with van der Waals surface area (Å²) >= 11 is 0. The number of nitrogens with one attached hydrogen (secondary N) is 2. The summed E-state index contributed by atoms with van der Waals surface area (Å²) in [7, 11) is -8.19. The van der Waals surface area contributed by atoms with Crippen molar-refractivity contribution in [2.45, 2.75) is 40.2 Å². The minimum absolute atomic E-state index is 0.0796. The van der Waals surface area contributed by atoms with Gasteiger partial charge in [-0.1, -0.05) is 30.3 Å². The molecule has 12 nitrogen and oxygen atoms in total. The molecule has 0 fully saturated rings. The minimum Gasteiger partial charge on any atom is -0.460 e. The molecule has 1 rings (SSSR count). The molecule has 0 aliphatic carbocycles.